The van der Waals surface area contributed by atoms with Crippen molar-refractivity contribution in [1.29, 1.82) is 0 Å². The molecule has 2 atom stereocenters. The van der Waals surface area contributed by atoms with Crippen molar-refractivity contribution in [3.63, 3.8) is 0 Å². The highest BCUT2D eigenvalue weighted by Crippen LogP contribution is 2.32. The molecule has 4 rings (SSSR count). The van der Waals surface area contributed by atoms with Gasteiger partial charge in [0.05, 0.1) is 5.92 Å². The van der Waals surface area contributed by atoms with Crippen LogP contribution in [0.2, 0.25) is 0 Å². The Morgan fingerprint density at radius 3 is 2.38 bits per heavy atom. The summed E-state index contributed by atoms with van der Waals surface area (Å²) in [7, 11) is 0. The number of para-hydroxylation sites is 1. The minimum atomic E-state index is -0.880. The molecule has 2 heterocycles. The number of fused-ring (bicyclic) bond motifs is 1. The normalized spacial score (nSPS) is 19.4. The maximum absolute atomic E-state index is 13.1. The van der Waals surface area contributed by atoms with Crippen LogP contribution < -0.4 is 4.90 Å². The second kappa shape index (κ2) is 9.10. The van der Waals surface area contributed by atoms with Crippen molar-refractivity contribution in [1.82, 2.24) is 4.90 Å². The van der Waals surface area contributed by atoms with Gasteiger partial charge in [-0.3, -0.25) is 14.4 Å². The molecule has 0 saturated carbocycles. The zero-order valence-electron chi connectivity index (χ0n) is 18.3. The summed E-state index contributed by atoms with van der Waals surface area (Å²) in [5, 5.41) is 0. The summed E-state index contributed by atoms with van der Waals surface area (Å²) in [6.07, 6.45) is 0.837. The summed E-state index contributed by atoms with van der Waals surface area (Å²) in [6.45, 7) is 4.42. The number of benzene rings is 2. The van der Waals surface area contributed by atoms with E-state index in [1.165, 1.54) is 24.3 Å². The predicted molar refractivity (Wildman–Crippen MR) is 118 cm³/mol. The van der Waals surface area contributed by atoms with Gasteiger partial charge in [-0.15, -0.1) is 0 Å². The number of piperidine rings is 1. The fourth-order valence-electron chi connectivity index (χ4n) is 4.51. The Hall–Kier alpha value is -3.22. The minimum absolute atomic E-state index is 0.0155. The summed E-state index contributed by atoms with van der Waals surface area (Å²) in [4.78, 5) is 41.7. The van der Waals surface area contributed by atoms with Crippen molar-refractivity contribution in [3.05, 3.63) is 65.5 Å². The van der Waals surface area contributed by atoms with Crippen LogP contribution in [-0.2, 0) is 20.7 Å². The first kappa shape index (κ1) is 22.0. The van der Waals surface area contributed by atoms with Gasteiger partial charge in [-0.1, -0.05) is 18.2 Å². The molecule has 0 N–H and O–H groups in total. The van der Waals surface area contributed by atoms with Crippen LogP contribution in [0.5, 0.6) is 0 Å². The lowest BCUT2D eigenvalue weighted by Crippen LogP contribution is -2.45. The van der Waals surface area contributed by atoms with Gasteiger partial charge in [0, 0.05) is 30.4 Å². The van der Waals surface area contributed by atoms with Crippen molar-refractivity contribution in [2.75, 3.05) is 18.0 Å². The van der Waals surface area contributed by atoms with Crippen LogP contribution in [0.3, 0.4) is 0 Å². The minimum Gasteiger partial charge on any atom is -0.452 e. The lowest BCUT2D eigenvalue weighted by atomic mass is 9.96. The molecule has 32 heavy (non-hydrogen) atoms. The van der Waals surface area contributed by atoms with Gasteiger partial charge in [0.25, 0.3) is 11.8 Å². The van der Waals surface area contributed by atoms with Gasteiger partial charge in [0.15, 0.2) is 6.10 Å². The second-order valence-corrected chi connectivity index (χ2v) is 8.54. The molecule has 0 unspecified atom stereocenters. The highest BCUT2D eigenvalue weighted by atomic mass is 19.1. The van der Waals surface area contributed by atoms with Crippen molar-refractivity contribution in [3.8, 4) is 0 Å². The number of carbonyl (C=O) groups is 3. The Morgan fingerprint density at radius 1 is 1.03 bits per heavy atom. The lowest BCUT2D eigenvalue weighted by molar-refractivity contribution is -0.159. The SMILES string of the molecule is C[C@H](OC(=O)C1CCN(C(=O)c2ccc(F)cc2)CC1)C(=O)N1c2ccccc2C[C@H]1C. The highest BCUT2D eigenvalue weighted by molar-refractivity contribution is 5.99. The Kier molecular flexibility index (Phi) is 6.26. The van der Waals surface area contributed by atoms with Gasteiger partial charge < -0.3 is 14.5 Å². The number of amides is 2. The number of likely N-dealkylation sites (tertiary alicyclic amines) is 1. The zero-order chi connectivity index (χ0) is 22.8. The van der Waals surface area contributed by atoms with Crippen molar-refractivity contribution in [2.45, 2.75) is 45.3 Å². The van der Waals surface area contributed by atoms with E-state index >= 15 is 0 Å². The number of esters is 1. The van der Waals surface area contributed by atoms with Gasteiger partial charge in [-0.05, 0) is 69.0 Å². The molecular formula is C25H27FN2O4. The molecular weight excluding hydrogens is 411 g/mol. The molecule has 2 aromatic rings. The van der Waals surface area contributed by atoms with Gasteiger partial charge >= 0.3 is 5.97 Å². The molecule has 2 aliphatic rings. The average Bonchev–Trinajstić information content (AvgIpc) is 3.14. The van der Waals surface area contributed by atoms with E-state index < -0.39 is 17.9 Å². The monoisotopic (exact) mass is 438 g/mol. The molecule has 7 heteroatoms. The second-order valence-electron chi connectivity index (χ2n) is 8.54. The fraction of sp³-hybridized carbons (Fsp3) is 0.400. The van der Waals surface area contributed by atoms with Crippen LogP contribution in [0.4, 0.5) is 10.1 Å². The zero-order valence-corrected chi connectivity index (χ0v) is 18.3. The van der Waals surface area contributed by atoms with Gasteiger partial charge in [-0.25, -0.2) is 4.39 Å². The first-order chi connectivity index (χ1) is 15.3. The summed E-state index contributed by atoms with van der Waals surface area (Å²) in [5.41, 5.74) is 2.41. The van der Waals surface area contributed by atoms with E-state index in [-0.39, 0.29) is 23.8 Å². The van der Waals surface area contributed by atoms with Crippen LogP contribution in [-0.4, -0.2) is 47.9 Å². The summed E-state index contributed by atoms with van der Waals surface area (Å²) >= 11 is 0. The average molecular weight is 438 g/mol. The maximum atomic E-state index is 13.1. The molecule has 1 fully saturated rings. The molecule has 0 aromatic heterocycles. The van der Waals surface area contributed by atoms with Crippen molar-refractivity contribution >= 4 is 23.5 Å². The quantitative estimate of drug-likeness (QED) is 0.685. The van der Waals surface area contributed by atoms with E-state index in [0.29, 0.717) is 31.5 Å². The fourth-order valence-corrected chi connectivity index (χ4v) is 4.51. The van der Waals surface area contributed by atoms with Crippen LogP contribution in [0.25, 0.3) is 0 Å². The number of hydrogen-bond acceptors (Lipinski definition) is 4. The largest absolute Gasteiger partial charge is 0.452 e. The summed E-state index contributed by atoms with van der Waals surface area (Å²) < 4.78 is 18.6. The molecule has 2 aromatic carbocycles. The number of carbonyl (C=O) groups excluding carboxylic acids is 3. The van der Waals surface area contributed by atoms with Gasteiger partial charge in [-0.2, -0.15) is 0 Å². The Morgan fingerprint density at radius 2 is 1.69 bits per heavy atom. The molecule has 2 amide bonds. The number of anilines is 1. The van der Waals surface area contributed by atoms with E-state index in [9.17, 15) is 18.8 Å². The van der Waals surface area contributed by atoms with Crippen LogP contribution in [0.15, 0.2) is 48.5 Å². The van der Waals surface area contributed by atoms with E-state index in [0.717, 1.165) is 17.7 Å². The maximum Gasteiger partial charge on any atom is 0.309 e. The number of hydrogen-bond donors (Lipinski definition) is 0. The molecule has 1 saturated heterocycles. The number of rotatable bonds is 4. The Labute approximate surface area is 187 Å². The van der Waals surface area contributed by atoms with Crippen molar-refractivity contribution < 1.29 is 23.5 Å². The lowest BCUT2D eigenvalue weighted by Gasteiger charge is -2.32. The first-order valence-electron chi connectivity index (χ1n) is 11.0. The van der Waals surface area contributed by atoms with Crippen LogP contribution in [0.1, 0.15) is 42.6 Å². The number of halogens is 1. The molecule has 0 bridgehead atoms. The molecule has 0 radical (unpaired) electrons. The van der Waals surface area contributed by atoms with Gasteiger partial charge in [0.2, 0.25) is 0 Å². The first-order valence-corrected chi connectivity index (χ1v) is 11.0. The molecule has 2 aliphatic heterocycles. The molecule has 0 aliphatic carbocycles. The summed E-state index contributed by atoms with van der Waals surface area (Å²) in [5.74, 6) is -1.55. The van der Waals surface area contributed by atoms with E-state index in [4.69, 9.17) is 4.74 Å². The smallest absolute Gasteiger partial charge is 0.309 e. The molecule has 6 nitrogen and oxygen atoms in total. The standard InChI is InChI=1S/C25H27FN2O4/c1-16-15-20-5-3-4-6-22(20)28(16)23(29)17(2)32-25(31)19-11-13-27(14-12-19)24(30)18-7-9-21(26)10-8-18/h3-10,16-17,19H,11-15H2,1-2H3/t16-,17+/m1/s1. The number of nitrogens with zero attached hydrogens (tertiary/aromatic N) is 2. The van der Waals surface area contributed by atoms with Crippen molar-refractivity contribution in [2.24, 2.45) is 5.92 Å². The highest BCUT2D eigenvalue weighted by Gasteiger charge is 2.36. The van der Waals surface area contributed by atoms with Gasteiger partial charge in [0.1, 0.15) is 5.82 Å². The topological polar surface area (TPSA) is 66.9 Å². The third kappa shape index (κ3) is 4.38. The van der Waals surface area contributed by atoms with E-state index in [2.05, 4.69) is 0 Å². The third-order valence-electron chi connectivity index (χ3n) is 6.29. The van der Waals surface area contributed by atoms with Crippen LogP contribution >= 0.6 is 0 Å². The summed E-state index contributed by atoms with van der Waals surface area (Å²) in [6, 6.07) is 13.2. The van der Waals surface area contributed by atoms with E-state index in [1.54, 1.807) is 16.7 Å². The van der Waals surface area contributed by atoms with E-state index in [1.807, 2.05) is 31.2 Å². The predicted octanol–water partition coefficient (Wildman–Crippen LogP) is 3.59. The molecule has 168 valence electrons. The third-order valence-corrected chi connectivity index (χ3v) is 6.29. The Bertz CT molecular complexity index is 1010. The molecule has 0 spiro atoms. The number of ether oxygens (including phenoxy) is 1. The van der Waals surface area contributed by atoms with Crippen LogP contribution in [0, 0.1) is 11.7 Å². The Balaban J connectivity index is 1.31.